The van der Waals surface area contributed by atoms with Gasteiger partial charge in [0.25, 0.3) is 0 Å². The van der Waals surface area contributed by atoms with Gasteiger partial charge in [-0.15, -0.1) is 0 Å². The van der Waals surface area contributed by atoms with E-state index in [-0.39, 0.29) is 0 Å². The summed E-state index contributed by atoms with van der Waals surface area (Å²) in [4.78, 5) is 0. The fourth-order valence-corrected chi connectivity index (χ4v) is 1.00. The maximum absolute atomic E-state index is 3.47. The van der Waals surface area contributed by atoms with E-state index >= 15 is 0 Å². The van der Waals surface area contributed by atoms with Gasteiger partial charge in [0.05, 0.1) is 0 Å². The third-order valence-corrected chi connectivity index (χ3v) is 1.73. The lowest BCUT2D eigenvalue weighted by molar-refractivity contribution is 0.495. The molecule has 10 heavy (non-hydrogen) atoms. The van der Waals surface area contributed by atoms with Crippen LogP contribution < -0.4 is 5.32 Å². The molecule has 0 amide bonds. The first-order valence-electron chi connectivity index (χ1n) is 4.54. The van der Waals surface area contributed by atoms with Crippen LogP contribution in [0.2, 0.25) is 0 Å². The predicted molar refractivity (Wildman–Crippen MR) is 47.3 cm³/mol. The van der Waals surface area contributed by atoms with E-state index in [0.717, 1.165) is 6.04 Å². The predicted octanol–water partition coefficient (Wildman–Crippen LogP) is 2.56. The van der Waals surface area contributed by atoms with Crippen molar-refractivity contribution >= 4 is 0 Å². The SMILES string of the molecule is CCCC[C@@H](C)NCCC. The van der Waals surface area contributed by atoms with Crippen LogP contribution in [0, 0.1) is 0 Å². The van der Waals surface area contributed by atoms with Crippen LogP contribution in [0.3, 0.4) is 0 Å². The minimum atomic E-state index is 0.722. The van der Waals surface area contributed by atoms with Crippen molar-refractivity contribution in [2.45, 2.75) is 52.5 Å². The molecule has 1 heteroatoms. The third-order valence-electron chi connectivity index (χ3n) is 1.73. The number of nitrogens with one attached hydrogen (secondary N) is 1. The van der Waals surface area contributed by atoms with Crippen molar-refractivity contribution in [1.82, 2.24) is 5.32 Å². The topological polar surface area (TPSA) is 12.0 Å². The Labute approximate surface area is 65.2 Å². The average molecular weight is 143 g/mol. The molecule has 0 rings (SSSR count). The molecule has 0 spiro atoms. The Morgan fingerprint density at radius 1 is 1.20 bits per heavy atom. The lowest BCUT2D eigenvalue weighted by Gasteiger charge is -2.11. The summed E-state index contributed by atoms with van der Waals surface area (Å²) in [6.07, 6.45) is 5.25. The summed E-state index contributed by atoms with van der Waals surface area (Å²) >= 11 is 0. The molecule has 0 aromatic rings. The van der Waals surface area contributed by atoms with Gasteiger partial charge in [-0.3, -0.25) is 0 Å². The minimum Gasteiger partial charge on any atom is -0.314 e. The summed E-state index contributed by atoms with van der Waals surface area (Å²) in [7, 11) is 0. The first kappa shape index (κ1) is 9.96. The highest BCUT2D eigenvalue weighted by Gasteiger charge is 1.96. The van der Waals surface area contributed by atoms with E-state index in [2.05, 4.69) is 26.1 Å². The van der Waals surface area contributed by atoms with Crippen molar-refractivity contribution in [1.29, 1.82) is 0 Å². The van der Waals surface area contributed by atoms with Gasteiger partial charge in [-0.2, -0.15) is 0 Å². The van der Waals surface area contributed by atoms with E-state index in [1.165, 1.54) is 32.2 Å². The molecule has 0 radical (unpaired) electrons. The van der Waals surface area contributed by atoms with E-state index in [1.54, 1.807) is 0 Å². The zero-order valence-electron chi connectivity index (χ0n) is 7.61. The quantitative estimate of drug-likeness (QED) is 0.602. The van der Waals surface area contributed by atoms with Crippen LogP contribution in [0.5, 0.6) is 0 Å². The van der Waals surface area contributed by atoms with E-state index in [1.807, 2.05) is 0 Å². The number of hydrogen-bond acceptors (Lipinski definition) is 1. The van der Waals surface area contributed by atoms with Crippen molar-refractivity contribution in [2.24, 2.45) is 0 Å². The second-order valence-electron chi connectivity index (χ2n) is 3.00. The maximum Gasteiger partial charge on any atom is 0.00387 e. The second kappa shape index (κ2) is 7.07. The van der Waals surface area contributed by atoms with Crippen LogP contribution >= 0.6 is 0 Å². The molecule has 0 fully saturated rings. The molecule has 0 saturated heterocycles. The Kier molecular flexibility index (Phi) is 7.04. The molecule has 0 bridgehead atoms. The molecule has 0 aliphatic heterocycles. The molecule has 0 aromatic carbocycles. The molecular weight excluding hydrogens is 122 g/mol. The van der Waals surface area contributed by atoms with Crippen LogP contribution in [-0.4, -0.2) is 12.6 Å². The van der Waals surface area contributed by atoms with Crippen molar-refractivity contribution in [3.63, 3.8) is 0 Å². The fraction of sp³-hybridized carbons (Fsp3) is 1.00. The van der Waals surface area contributed by atoms with E-state index in [0.29, 0.717) is 0 Å². The maximum atomic E-state index is 3.47. The Morgan fingerprint density at radius 3 is 2.40 bits per heavy atom. The second-order valence-corrected chi connectivity index (χ2v) is 3.00. The monoisotopic (exact) mass is 143 g/mol. The summed E-state index contributed by atoms with van der Waals surface area (Å²) in [5, 5.41) is 3.47. The van der Waals surface area contributed by atoms with Crippen molar-refractivity contribution in [3.8, 4) is 0 Å². The molecule has 0 aliphatic rings. The van der Waals surface area contributed by atoms with Gasteiger partial charge in [-0.25, -0.2) is 0 Å². The molecular formula is C9H21N. The van der Waals surface area contributed by atoms with E-state index in [9.17, 15) is 0 Å². The van der Waals surface area contributed by atoms with Gasteiger partial charge in [-0.05, 0) is 26.3 Å². The van der Waals surface area contributed by atoms with Gasteiger partial charge in [0.15, 0.2) is 0 Å². The zero-order valence-corrected chi connectivity index (χ0v) is 7.61. The molecule has 0 saturated carbocycles. The van der Waals surface area contributed by atoms with E-state index < -0.39 is 0 Å². The van der Waals surface area contributed by atoms with E-state index in [4.69, 9.17) is 0 Å². The van der Waals surface area contributed by atoms with Gasteiger partial charge in [-0.1, -0.05) is 26.7 Å². The zero-order chi connectivity index (χ0) is 7.82. The van der Waals surface area contributed by atoms with Crippen LogP contribution in [0.15, 0.2) is 0 Å². The Morgan fingerprint density at radius 2 is 1.90 bits per heavy atom. The van der Waals surface area contributed by atoms with Crippen LogP contribution in [0.25, 0.3) is 0 Å². The Bertz CT molecular complexity index is 53.7. The molecule has 0 unspecified atom stereocenters. The summed E-state index contributed by atoms with van der Waals surface area (Å²) < 4.78 is 0. The first-order chi connectivity index (χ1) is 4.81. The summed E-state index contributed by atoms with van der Waals surface area (Å²) in [6.45, 7) is 7.89. The van der Waals surface area contributed by atoms with Gasteiger partial charge < -0.3 is 5.32 Å². The highest BCUT2D eigenvalue weighted by atomic mass is 14.9. The standard InChI is InChI=1S/C9H21N/c1-4-6-7-9(3)10-8-5-2/h9-10H,4-8H2,1-3H3/t9-/m1/s1. The molecule has 1 nitrogen and oxygen atoms in total. The van der Waals surface area contributed by atoms with Gasteiger partial charge in [0, 0.05) is 6.04 Å². The largest absolute Gasteiger partial charge is 0.314 e. The molecule has 62 valence electrons. The van der Waals surface area contributed by atoms with Crippen molar-refractivity contribution < 1.29 is 0 Å². The lowest BCUT2D eigenvalue weighted by Crippen LogP contribution is -2.26. The highest BCUT2D eigenvalue weighted by Crippen LogP contribution is 1.98. The molecule has 0 aliphatic carbocycles. The molecule has 1 N–H and O–H groups in total. The number of unbranched alkanes of at least 4 members (excludes halogenated alkanes) is 1. The Balaban J connectivity index is 3.00. The number of rotatable bonds is 6. The smallest absolute Gasteiger partial charge is 0.00387 e. The van der Waals surface area contributed by atoms with Gasteiger partial charge in [0.1, 0.15) is 0 Å². The number of hydrogen-bond donors (Lipinski definition) is 1. The molecule has 0 aromatic heterocycles. The van der Waals surface area contributed by atoms with Crippen molar-refractivity contribution in [2.75, 3.05) is 6.54 Å². The third kappa shape index (κ3) is 6.09. The minimum absolute atomic E-state index is 0.722. The van der Waals surface area contributed by atoms with Crippen LogP contribution in [-0.2, 0) is 0 Å². The Hall–Kier alpha value is -0.0400. The fourth-order valence-electron chi connectivity index (χ4n) is 1.00. The molecule has 0 heterocycles. The van der Waals surface area contributed by atoms with Gasteiger partial charge >= 0.3 is 0 Å². The average Bonchev–Trinajstić information content (AvgIpc) is 1.97. The first-order valence-corrected chi connectivity index (χ1v) is 4.54. The normalized spacial score (nSPS) is 13.5. The van der Waals surface area contributed by atoms with Crippen LogP contribution in [0.1, 0.15) is 46.5 Å². The molecule has 1 atom stereocenters. The van der Waals surface area contributed by atoms with Gasteiger partial charge in [0.2, 0.25) is 0 Å². The summed E-state index contributed by atoms with van der Waals surface area (Å²) in [5.74, 6) is 0. The van der Waals surface area contributed by atoms with Crippen LogP contribution in [0.4, 0.5) is 0 Å². The van der Waals surface area contributed by atoms with Crippen molar-refractivity contribution in [3.05, 3.63) is 0 Å². The summed E-state index contributed by atoms with van der Waals surface area (Å²) in [6, 6.07) is 0.722. The highest BCUT2D eigenvalue weighted by molar-refractivity contribution is 4.58. The summed E-state index contributed by atoms with van der Waals surface area (Å²) in [5.41, 5.74) is 0. The lowest BCUT2D eigenvalue weighted by atomic mass is 10.1.